The van der Waals surface area contributed by atoms with Gasteiger partial charge in [-0.25, -0.2) is 18.2 Å². The lowest BCUT2D eigenvalue weighted by molar-refractivity contribution is 0.0915. The summed E-state index contributed by atoms with van der Waals surface area (Å²) in [6, 6.07) is 1.37. The van der Waals surface area contributed by atoms with E-state index in [1.165, 1.54) is 30.9 Å². The lowest BCUT2D eigenvalue weighted by Crippen LogP contribution is -2.47. The first kappa shape index (κ1) is 17.3. The van der Waals surface area contributed by atoms with E-state index >= 15 is 0 Å². The zero-order valence-electron chi connectivity index (χ0n) is 14.1. The number of aryl methyl sites for hydroxylation is 1. The van der Waals surface area contributed by atoms with Crippen LogP contribution < -0.4 is 16.6 Å². The molecule has 0 aromatic carbocycles. The zero-order valence-corrected chi connectivity index (χ0v) is 14.9. The van der Waals surface area contributed by atoms with E-state index < -0.39 is 32.5 Å². The summed E-state index contributed by atoms with van der Waals surface area (Å²) in [5.41, 5.74) is -1.59. The smallest absolute Gasteiger partial charge is 0.332 e. The Labute approximate surface area is 143 Å². The van der Waals surface area contributed by atoms with Gasteiger partial charge in [0.15, 0.2) is 9.84 Å². The van der Waals surface area contributed by atoms with Crippen molar-refractivity contribution in [2.75, 3.05) is 11.5 Å². The lowest BCUT2D eigenvalue weighted by atomic mass is 10.0. The molecule has 0 saturated carbocycles. The Hall–Kier alpha value is -2.49. The van der Waals surface area contributed by atoms with Crippen molar-refractivity contribution < 1.29 is 13.2 Å². The van der Waals surface area contributed by atoms with Gasteiger partial charge >= 0.3 is 5.69 Å². The Balaban J connectivity index is 2.01. The van der Waals surface area contributed by atoms with Gasteiger partial charge in [-0.2, -0.15) is 0 Å². The minimum atomic E-state index is -3.16. The first-order chi connectivity index (χ1) is 11.5. The molecule has 0 spiro atoms. The molecule has 1 amide bonds. The van der Waals surface area contributed by atoms with Crippen LogP contribution in [-0.4, -0.2) is 45.5 Å². The number of fused-ring (bicyclic) bond motifs is 1. The molecule has 2 aromatic heterocycles. The Bertz CT molecular complexity index is 1120. The SMILES string of the molecule is Cn1c(=O)c2cc(C(=O)N[C@@]3(C)CCS(=O)(=O)C3)cnc2n(C)c1=O. The Kier molecular flexibility index (Phi) is 3.82. The molecule has 1 aliphatic rings. The second kappa shape index (κ2) is 5.51. The van der Waals surface area contributed by atoms with Gasteiger partial charge in [-0.1, -0.05) is 0 Å². The second-order valence-electron chi connectivity index (χ2n) is 6.66. The van der Waals surface area contributed by atoms with Gasteiger partial charge in [-0.15, -0.1) is 0 Å². The first-order valence-corrected chi connectivity index (χ1v) is 9.44. The van der Waals surface area contributed by atoms with Crippen molar-refractivity contribution in [3.05, 3.63) is 38.7 Å². The average Bonchev–Trinajstić information content (AvgIpc) is 2.83. The summed E-state index contributed by atoms with van der Waals surface area (Å²) < 4.78 is 25.5. The lowest BCUT2D eigenvalue weighted by Gasteiger charge is -2.23. The van der Waals surface area contributed by atoms with E-state index in [-0.39, 0.29) is 28.1 Å². The molecule has 10 heteroatoms. The number of amides is 1. The van der Waals surface area contributed by atoms with Gasteiger partial charge in [0.2, 0.25) is 0 Å². The third-order valence-corrected chi connectivity index (χ3v) is 6.38. The number of carbonyl (C=O) groups is 1. The van der Waals surface area contributed by atoms with Crippen LogP contribution in [-0.2, 0) is 23.9 Å². The number of carbonyl (C=O) groups excluding carboxylic acids is 1. The van der Waals surface area contributed by atoms with E-state index in [4.69, 9.17) is 0 Å². The normalized spacial score (nSPS) is 22.2. The topological polar surface area (TPSA) is 120 Å². The monoisotopic (exact) mass is 366 g/mol. The largest absolute Gasteiger partial charge is 0.346 e. The molecule has 3 rings (SSSR count). The fourth-order valence-electron chi connectivity index (χ4n) is 3.04. The van der Waals surface area contributed by atoms with Gasteiger partial charge in [0.05, 0.1) is 28.0 Å². The first-order valence-electron chi connectivity index (χ1n) is 7.62. The van der Waals surface area contributed by atoms with Crippen LogP contribution in [0.25, 0.3) is 11.0 Å². The third kappa shape index (κ3) is 2.97. The van der Waals surface area contributed by atoms with E-state index in [0.29, 0.717) is 6.42 Å². The Morgan fingerprint density at radius 3 is 2.56 bits per heavy atom. The average molecular weight is 366 g/mol. The molecule has 1 saturated heterocycles. The van der Waals surface area contributed by atoms with Crippen molar-refractivity contribution in [3.8, 4) is 0 Å². The highest BCUT2D eigenvalue weighted by Gasteiger charge is 2.39. The number of aromatic nitrogens is 3. The van der Waals surface area contributed by atoms with Crippen LogP contribution in [0.2, 0.25) is 0 Å². The number of nitrogens with one attached hydrogen (secondary N) is 1. The highest BCUT2D eigenvalue weighted by molar-refractivity contribution is 7.91. The van der Waals surface area contributed by atoms with Crippen LogP contribution in [0, 0.1) is 0 Å². The summed E-state index contributed by atoms with van der Waals surface area (Å²) in [5, 5.41) is 2.86. The fourth-order valence-corrected chi connectivity index (χ4v) is 5.14. The maximum Gasteiger partial charge on any atom is 0.332 e. The van der Waals surface area contributed by atoms with E-state index in [9.17, 15) is 22.8 Å². The highest BCUT2D eigenvalue weighted by Crippen LogP contribution is 2.23. The van der Waals surface area contributed by atoms with Gasteiger partial charge in [0, 0.05) is 20.3 Å². The second-order valence-corrected chi connectivity index (χ2v) is 8.84. The molecular formula is C15H18N4O5S. The highest BCUT2D eigenvalue weighted by atomic mass is 32.2. The van der Waals surface area contributed by atoms with Crippen LogP contribution in [0.3, 0.4) is 0 Å². The molecule has 25 heavy (non-hydrogen) atoms. The predicted octanol–water partition coefficient (Wildman–Crippen LogP) is -1.06. The molecule has 3 heterocycles. The summed E-state index contributed by atoms with van der Waals surface area (Å²) in [6.45, 7) is 1.67. The molecule has 134 valence electrons. The van der Waals surface area contributed by atoms with Crippen LogP contribution in [0.4, 0.5) is 0 Å². The van der Waals surface area contributed by atoms with Crippen molar-refractivity contribution in [2.24, 2.45) is 14.1 Å². The number of nitrogens with zero attached hydrogens (tertiary/aromatic N) is 3. The summed E-state index contributed by atoms with van der Waals surface area (Å²) in [7, 11) is -0.325. The molecule has 0 radical (unpaired) electrons. The molecule has 1 fully saturated rings. The van der Waals surface area contributed by atoms with Crippen molar-refractivity contribution in [3.63, 3.8) is 0 Å². The van der Waals surface area contributed by atoms with Crippen LogP contribution in [0.15, 0.2) is 21.9 Å². The summed E-state index contributed by atoms with van der Waals surface area (Å²) >= 11 is 0. The van der Waals surface area contributed by atoms with Crippen LogP contribution in [0.1, 0.15) is 23.7 Å². The maximum atomic E-state index is 12.5. The van der Waals surface area contributed by atoms with Crippen LogP contribution >= 0.6 is 0 Å². The van der Waals surface area contributed by atoms with Crippen molar-refractivity contribution >= 4 is 26.8 Å². The van der Waals surface area contributed by atoms with Gasteiger partial charge in [0.25, 0.3) is 11.5 Å². The van der Waals surface area contributed by atoms with Gasteiger partial charge in [0.1, 0.15) is 5.65 Å². The van der Waals surface area contributed by atoms with Crippen molar-refractivity contribution in [1.82, 2.24) is 19.4 Å². The predicted molar refractivity (Wildman–Crippen MR) is 91.4 cm³/mol. The Morgan fingerprint density at radius 2 is 1.96 bits per heavy atom. The van der Waals surface area contributed by atoms with Gasteiger partial charge in [-0.3, -0.25) is 18.7 Å². The standard InChI is InChI=1S/C15H18N4O5S/c1-15(4-5-25(23,24)8-15)17-12(20)9-6-10-11(16-7-9)18(2)14(22)19(3)13(10)21/h6-7H,4-5,8H2,1-3H3,(H,17,20)/t15-/m0/s1. The van der Waals surface area contributed by atoms with Gasteiger partial charge < -0.3 is 5.32 Å². The number of hydrogen-bond acceptors (Lipinski definition) is 6. The maximum absolute atomic E-state index is 12.5. The van der Waals surface area contributed by atoms with Crippen LogP contribution in [0.5, 0.6) is 0 Å². The van der Waals surface area contributed by atoms with E-state index in [1.54, 1.807) is 6.92 Å². The molecule has 1 atom stereocenters. The number of hydrogen-bond donors (Lipinski definition) is 1. The molecule has 0 unspecified atom stereocenters. The third-order valence-electron chi connectivity index (χ3n) is 4.47. The van der Waals surface area contributed by atoms with Gasteiger partial charge in [-0.05, 0) is 19.4 Å². The summed E-state index contributed by atoms with van der Waals surface area (Å²) in [4.78, 5) is 40.7. The molecule has 0 bridgehead atoms. The molecule has 0 aliphatic carbocycles. The van der Waals surface area contributed by atoms with E-state index in [0.717, 1.165) is 4.57 Å². The van der Waals surface area contributed by atoms with Crippen molar-refractivity contribution in [1.29, 1.82) is 0 Å². The quantitative estimate of drug-likeness (QED) is 0.723. The van der Waals surface area contributed by atoms with E-state index in [2.05, 4.69) is 10.3 Å². The minimum absolute atomic E-state index is 0.0302. The molecular weight excluding hydrogens is 348 g/mol. The van der Waals surface area contributed by atoms with E-state index in [1.807, 2.05) is 0 Å². The number of sulfone groups is 1. The number of pyridine rings is 1. The van der Waals surface area contributed by atoms with Crippen molar-refractivity contribution in [2.45, 2.75) is 18.9 Å². The molecule has 9 nitrogen and oxygen atoms in total. The minimum Gasteiger partial charge on any atom is -0.346 e. The summed E-state index contributed by atoms with van der Waals surface area (Å²) in [5.74, 6) is -0.601. The molecule has 1 N–H and O–H groups in total. The summed E-state index contributed by atoms with van der Waals surface area (Å²) in [6.07, 6.45) is 1.60. The molecule has 1 aliphatic heterocycles. The molecule has 2 aromatic rings. The number of rotatable bonds is 2. The Morgan fingerprint density at radius 1 is 1.28 bits per heavy atom. The zero-order chi connectivity index (χ0) is 18.6. The fraction of sp³-hybridized carbons (Fsp3) is 0.467.